The number of piperidine rings is 1. The Labute approximate surface area is 125 Å². The number of amides is 2. The summed E-state index contributed by atoms with van der Waals surface area (Å²) in [6, 6.07) is 7.24. The highest BCUT2D eigenvalue weighted by molar-refractivity contribution is 5.80. The quantitative estimate of drug-likeness (QED) is 0.803. The molecule has 1 fully saturated rings. The van der Waals surface area contributed by atoms with E-state index < -0.39 is 0 Å². The number of nitrogen functional groups attached to an aromatic ring is 1. The van der Waals surface area contributed by atoms with Gasteiger partial charge in [0.2, 0.25) is 11.8 Å². The number of carbonyl (C=O) groups is 2. The van der Waals surface area contributed by atoms with Crippen LogP contribution >= 0.6 is 0 Å². The first kappa shape index (κ1) is 15.4. The second kappa shape index (κ2) is 7.67. The summed E-state index contributed by atoms with van der Waals surface area (Å²) in [5.74, 6) is 0.0775. The van der Waals surface area contributed by atoms with E-state index in [9.17, 15) is 9.59 Å². The molecule has 2 rings (SSSR count). The number of nitrogens with two attached hydrogens (primary N) is 1. The number of nitrogens with zero attached hydrogens (tertiary/aromatic N) is 1. The first-order valence-corrected chi connectivity index (χ1v) is 7.54. The molecule has 1 heterocycles. The maximum atomic E-state index is 11.9. The summed E-state index contributed by atoms with van der Waals surface area (Å²) in [6.45, 7) is 2.12. The van der Waals surface area contributed by atoms with Crippen molar-refractivity contribution in [2.75, 3.05) is 25.4 Å². The zero-order chi connectivity index (χ0) is 15.1. The van der Waals surface area contributed by atoms with Crippen LogP contribution in [-0.4, -0.2) is 36.3 Å². The minimum Gasteiger partial charge on any atom is -0.399 e. The van der Waals surface area contributed by atoms with E-state index in [4.69, 9.17) is 5.73 Å². The zero-order valence-corrected chi connectivity index (χ0v) is 12.3. The Morgan fingerprint density at radius 1 is 1.10 bits per heavy atom. The lowest BCUT2D eigenvalue weighted by Crippen LogP contribution is -2.38. The van der Waals surface area contributed by atoms with Crippen LogP contribution in [0.25, 0.3) is 0 Å². The lowest BCUT2D eigenvalue weighted by atomic mass is 10.1. The van der Waals surface area contributed by atoms with Crippen LogP contribution in [-0.2, 0) is 16.0 Å². The predicted molar refractivity (Wildman–Crippen MR) is 82.6 cm³/mol. The van der Waals surface area contributed by atoms with Crippen LogP contribution in [0.5, 0.6) is 0 Å². The summed E-state index contributed by atoms with van der Waals surface area (Å²) in [5.41, 5.74) is 7.21. The summed E-state index contributed by atoms with van der Waals surface area (Å²) < 4.78 is 0. The SMILES string of the molecule is Nc1ccc(CC(=O)NCCC(=O)N2CCCCC2)cc1. The molecule has 0 aromatic heterocycles. The third-order valence-corrected chi connectivity index (χ3v) is 3.71. The van der Waals surface area contributed by atoms with Gasteiger partial charge in [-0.15, -0.1) is 0 Å². The summed E-state index contributed by atoms with van der Waals surface area (Å²) in [5, 5.41) is 2.80. The summed E-state index contributed by atoms with van der Waals surface area (Å²) in [7, 11) is 0. The lowest BCUT2D eigenvalue weighted by molar-refractivity contribution is -0.132. The molecular weight excluding hydrogens is 266 g/mol. The Morgan fingerprint density at radius 3 is 2.43 bits per heavy atom. The van der Waals surface area contributed by atoms with Crippen molar-refractivity contribution in [1.29, 1.82) is 0 Å². The zero-order valence-electron chi connectivity index (χ0n) is 12.3. The molecule has 0 atom stereocenters. The standard InChI is InChI=1S/C16H23N3O2/c17-14-6-4-13(5-7-14)12-15(20)18-9-8-16(21)19-10-2-1-3-11-19/h4-7H,1-3,8-12,17H2,(H,18,20). The fraction of sp³-hybridized carbons (Fsp3) is 0.500. The summed E-state index contributed by atoms with van der Waals surface area (Å²) >= 11 is 0. The van der Waals surface area contributed by atoms with Gasteiger partial charge in [0.25, 0.3) is 0 Å². The molecule has 21 heavy (non-hydrogen) atoms. The molecule has 5 heteroatoms. The van der Waals surface area contributed by atoms with Crippen molar-refractivity contribution in [1.82, 2.24) is 10.2 Å². The molecule has 3 N–H and O–H groups in total. The molecule has 0 saturated carbocycles. The molecule has 0 aliphatic carbocycles. The Bertz CT molecular complexity index is 479. The number of hydrogen-bond donors (Lipinski definition) is 2. The van der Waals surface area contributed by atoms with Crippen molar-refractivity contribution in [2.45, 2.75) is 32.1 Å². The fourth-order valence-electron chi connectivity index (χ4n) is 2.49. The number of likely N-dealkylation sites (tertiary alicyclic amines) is 1. The van der Waals surface area contributed by atoms with E-state index in [1.165, 1.54) is 6.42 Å². The van der Waals surface area contributed by atoms with Gasteiger partial charge in [0, 0.05) is 31.7 Å². The van der Waals surface area contributed by atoms with Gasteiger partial charge in [-0.3, -0.25) is 9.59 Å². The molecule has 0 unspecified atom stereocenters. The van der Waals surface area contributed by atoms with Crippen molar-refractivity contribution in [3.05, 3.63) is 29.8 Å². The second-order valence-electron chi connectivity index (χ2n) is 5.46. The molecule has 1 aliphatic rings. The van der Waals surface area contributed by atoms with Gasteiger partial charge in [-0.05, 0) is 37.0 Å². The Kier molecular flexibility index (Phi) is 5.60. The van der Waals surface area contributed by atoms with E-state index in [0.717, 1.165) is 31.5 Å². The molecule has 1 aromatic rings. The molecule has 1 aromatic carbocycles. The Balaban J connectivity index is 1.66. The Hall–Kier alpha value is -2.04. The largest absolute Gasteiger partial charge is 0.399 e. The van der Waals surface area contributed by atoms with E-state index in [-0.39, 0.29) is 11.8 Å². The lowest BCUT2D eigenvalue weighted by Gasteiger charge is -2.26. The summed E-state index contributed by atoms with van der Waals surface area (Å²) in [6.07, 6.45) is 4.10. The van der Waals surface area contributed by atoms with Gasteiger partial charge in [0.05, 0.1) is 6.42 Å². The molecule has 0 radical (unpaired) electrons. The first-order chi connectivity index (χ1) is 10.1. The van der Waals surface area contributed by atoms with Crippen molar-refractivity contribution in [3.8, 4) is 0 Å². The smallest absolute Gasteiger partial charge is 0.224 e. The van der Waals surface area contributed by atoms with Gasteiger partial charge in [-0.25, -0.2) is 0 Å². The van der Waals surface area contributed by atoms with Crippen LogP contribution in [0.3, 0.4) is 0 Å². The van der Waals surface area contributed by atoms with Gasteiger partial charge in [0.15, 0.2) is 0 Å². The third-order valence-electron chi connectivity index (χ3n) is 3.71. The van der Waals surface area contributed by atoms with Crippen molar-refractivity contribution < 1.29 is 9.59 Å². The predicted octanol–water partition coefficient (Wildman–Crippen LogP) is 1.33. The average Bonchev–Trinajstić information content (AvgIpc) is 2.50. The monoisotopic (exact) mass is 289 g/mol. The average molecular weight is 289 g/mol. The van der Waals surface area contributed by atoms with Gasteiger partial charge < -0.3 is 16.0 Å². The van der Waals surface area contributed by atoms with Gasteiger partial charge >= 0.3 is 0 Å². The highest BCUT2D eigenvalue weighted by Crippen LogP contribution is 2.09. The molecule has 1 saturated heterocycles. The molecular formula is C16H23N3O2. The van der Waals surface area contributed by atoms with Crippen LogP contribution in [0.4, 0.5) is 5.69 Å². The number of rotatable bonds is 5. The van der Waals surface area contributed by atoms with Crippen LogP contribution < -0.4 is 11.1 Å². The van der Waals surface area contributed by atoms with E-state index in [0.29, 0.717) is 25.1 Å². The summed E-state index contributed by atoms with van der Waals surface area (Å²) in [4.78, 5) is 25.6. The fourth-order valence-corrected chi connectivity index (χ4v) is 2.49. The topological polar surface area (TPSA) is 75.4 Å². The van der Waals surface area contributed by atoms with Crippen LogP contribution in [0, 0.1) is 0 Å². The molecule has 0 spiro atoms. The molecule has 0 bridgehead atoms. The molecule has 5 nitrogen and oxygen atoms in total. The maximum absolute atomic E-state index is 11.9. The number of anilines is 1. The second-order valence-corrected chi connectivity index (χ2v) is 5.46. The third kappa shape index (κ3) is 5.10. The molecule has 2 amide bonds. The normalized spacial score (nSPS) is 14.8. The van der Waals surface area contributed by atoms with Crippen LogP contribution in [0.2, 0.25) is 0 Å². The molecule has 1 aliphatic heterocycles. The maximum Gasteiger partial charge on any atom is 0.224 e. The minimum atomic E-state index is -0.0637. The van der Waals surface area contributed by atoms with Crippen molar-refractivity contribution in [3.63, 3.8) is 0 Å². The van der Waals surface area contributed by atoms with E-state index >= 15 is 0 Å². The highest BCUT2D eigenvalue weighted by Gasteiger charge is 2.16. The van der Waals surface area contributed by atoms with E-state index in [1.807, 2.05) is 17.0 Å². The number of hydrogen-bond acceptors (Lipinski definition) is 3. The van der Waals surface area contributed by atoms with Gasteiger partial charge in [-0.2, -0.15) is 0 Å². The number of carbonyl (C=O) groups excluding carboxylic acids is 2. The van der Waals surface area contributed by atoms with Crippen LogP contribution in [0.1, 0.15) is 31.2 Å². The first-order valence-electron chi connectivity index (χ1n) is 7.54. The Morgan fingerprint density at radius 2 is 1.76 bits per heavy atom. The van der Waals surface area contributed by atoms with E-state index in [1.54, 1.807) is 12.1 Å². The van der Waals surface area contributed by atoms with E-state index in [2.05, 4.69) is 5.32 Å². The molecule has 114 valence electrons. The number of nitrogens with one attached hydrogen (secondary N) is 1. The van der Waals surface area contributed by atoms with Gasteiger partial charge in [0.1, 0.15) is 0 Å². The van der Waals surface area contributed by atoms with Crippen molar-refractivity contribution in [2.24, 2.45) is 0 Å². The number of benzene rings is 1. The van der Waals surface area contributed by atoms with Gasteiger partial charge in [-0.1, -0.05) is 12.1 Å². The van der Waals surface area contributed by atoms with Crippen molar-refractivity contribution >= 4 is 17.5 Å². The van der Waals surface area contributed by atoms with Crippen LogP contribution in [0.15, 0.2) is 24.3 Å². The minimum absolute atomic E-state index is 0.0637. The highest BCUT2D eigenvalue weighted by atomic mass is 16.2.